The Labute approximate surface area is 140 Å². The summed E-state index contributed by atoms with van der Waals surface area (Å²) in [6.45, 7) is 1.68. The Balaban J connectivity index is 1.98. The van der Waals surface area contributed by atoms with Crippen LogP contribution in [0.4, 0.5) is 5.82 Å². The van der Waals surface area contributed by atoms with E-state index in [1.165, 1.54) is 19.2 Å². The molecule has 0 saturated heterocycles. The van der Waals surface area contributed by atoms with Crippen molar-refractivity contribution in [3.63, 3.8) is 0 Å². The van der Waals surface area contributed by atoms with Gasteiger partial charge in [0.1, 0.15) is 16.4 Å². The molecule has 1 heterocycles. The minimum absolute atomic E-state index is 0.0327. The molecule has 3 rings (SSSR count). The van der Waals surface area contributed by atoms with Gasteiger partial charge in [0.25, 0.3) is 10.0 Å². The van der Waals surface area contributed by atoms with Crippen molar-refractivity contribution in [2.75, 3.05) is 11.8 Å². The maximum Gasteiger partial charge on any atom is 0.266 e. The molecule has 1 N–H and O–H groups in total. The van der Waals surface area contributed by atoms with Crippen LogP contribution in [0.25, 0.3) is 11.1 Å². The van der Waals surface area contributed by atoms with Crippen molar-refractivity contribution in [1.29, 1.82) is 0 Å². The number of hydrogen-bond donors (Lipinski definition) is 1. The molecule has 1 aromatic heterocycles. The van der Waals surface area contributed by atoms with Crippen LogP contribution in [0.2, 0.25) is 0 Å². The van der Waals surface area contributed by atoms with Gasteiger partial charge in [0.05, 0.1) is 7.11 Å². The molecule has 7 heteroatoms. The molecule has 0 unspecified atom stereocenters. The molecule has 24 heavy (non-hydrogen) atoms. The van der Waals surface area contributed by atoms with Crippen LogP contribution in [0, 0.1) is 6.92 Å². The fourth-order valence-electron chi connectivity index (χ4n) is 2.31. The van der Waals surface area contributed by atoms with Crippen molar-refractivity contribution in [2.45, 2.75) is 11.8 Å². The molecule has 0 aliphatic heterocycles. The van der Waals surface area contributed by atoms with Crippen LogP contribution in [-0.4, -0.2) is 20.7 Å². The number of sulfonamides is 1. The van der Waals surface area contributed by atoms with E-state index in [0.29, 0.717) is 5.76 Å². The van der Waals surface area contributed by atoms with Crippen LogP contribution in [0.1, 0.15) is 5.76 Å². The molecule has 2 aromatic carbocycles. The molecular formula is C17H16N2O4S. The summed E-state index contributed by atoms with van der Waals surface area (Å²) in [5.74, 6) is 0.893. The number of nitrogens with zero attached hydrogens (tertiary/aromatic N) is 1. The van der Waals surface area contributed by atoms with Gasteiger partial charge >= 0.3 is 0 Å². The summed E-state index contributed by atoms with van der Waals surface area (Å²) < 4.78 is 37.7. The standard InChI is InChI=1S/C17H16N2O4S/c1-12-10-17(18-23-12)19-24(20,21)16-9-8-14(11-15(16)22-2)13-6-4-3-5-7-13/h3-11H,1-2H3,(H,18,19). The van der Waals surface area contributed by atoms with Gasteiger partial charge in [0, 0.05) is 6.07 Å². The number of nitrogens with one attached hydrogen (secondary N) is 1. The van der Waals surface area contributed by atoms with Crippen molar-refractivity contribution in [3.05, 3.63) is 60.4 Å². The first-order chi connectivity index (χ1) is 11.5. The minimum atomic E-state index is -3.84. The van der Waals surface area contributed by atoms with E-state index >= 15 is 0 Å². The van der Waals surface area contributed by atoms with Gasteiger partial charge in [-0.1, -0.05) is 41.6 Å². The van der Waals surface area contributed by atoms with Gasteiger partial charge in [-0.2, -0.15) is 0 Å². The van der Waals surface area contributed by atoms with Crippen LogP contribution >= 0.6 is 0 Å². The molecule has 0 fully saturated rings. The van der Waals surface area contributed by atoms with Gasteiger partial charge in [0.15, 0.2) is 5.82 Å². The van der Waals surface area contributed by atoms with E-state index in [0.717, 1.165) is 11.1 Å². The van der Waals surface area contributed by atoms with E-state index in [9.17, 15) is 8.42 Å². The van der Waals surface area contributed by atoms with Crippen molar-refractivity contribution in [3.8, 4) is 16.9 Å². The highest BCUT2D eigenvalue weighted by molar-refractivity contribution is 7.92. The van der Waals surface area contributed by atoms with E-state index < -0.39 is 10.0 Å². The van der Waals surface area contributed by atoms with Crippen molar-refractivity contribution < 1.29 is 17.7 Å². The Hall–Kier alpha value is -2.80. The molecule has 0 spiro atoms. The second-order valence-electron chi connectivity index (χ2n) is 5.16. The number of ether oxygens (including phenoxy) is 1. The molecule has 0 aliphatic carbocycles. The third-order valence-corrected chi connectivity index (χ3v) is 4.82. The Bertz CT molecular complexity index is 950. The summed E-state index contributed by atoms with van der Waals surface area (Å²) in [7, 11) is -2.41. The monoisotopic (exact) mass is 344 g/mol. The van der Waals surface area contributed by atoms with Crippen LogP contribution in [-0.2, 0) is 10.0 Å². The van der Waals surface area contributed by atoms with E-state index in [2.05, 4.69) is 9.88 Å². The lowest BCUT2D eigenvalue weighted by molar-refractivity contribution is 0.399. The number of hydrogen-bond acceptors (Lipinski definition) is 5. The fourth-order valence-corrected chi connectivity index (χ4v) is 3.44. The predicted molar refractivity (Wildman–Crippen MR) is 90.5 cm³/mol. The van der Waals surface area contributed by atoms with E-state index in [1.807, 2.05) is 30.3 Å². The molecule has 0 radical (unpaired) electrons. The molecule has 0 bridgehead atoms. The molecule has 124 valence electrons. The van der Waals surface area contributed by atoms with Crippen LogP contribution < -0.4 is 9.46 Å². The Morgan fingerprint density at radius 2 is 1.79 bits per heavy atom. The van der Waals surface area contributed by atoms with E-state index in [-0.39, 0.29) is 16.5 Å². The van der Waals surface area contributed by atoms with Gasteiger partial charge in [-0.15, -0.1) is 0 Å². The number of aromatic nitrogens is 1. The van der Waals surface area contributed by atoms with Gasteiger partial charge < -0.3 is 9.26 Å². The summed E-state index contributed by atoms with van der Waals surface area (Å²) in [5.41, 5.74) is 1.84. The first-order valence-electron chi connectivity index (χ1n) is 7.19. The second-order valence-corrected chi connectivity index (χ2v) is 6.81. The molecule has 6 nitrogen and oxygen atoms in total. The smallest absolute Gasteiger partial charge is 0.266 e. The summed E-state index contributed by atoms with van der Waals surface area (Å²) >= 11 is 0. The zero-order chi connectivity index (χ0) is 17.2. The number of rotatable bonds is 5. The van der Waals surface area contributed by atoms with Gasteiger partial charge in [-0.3, -0.25) is 4.72 Å². The molecule has 0 aliphatic rings. The van der Waals surface area contributed by atoms with Crippen LogP contribution in [0.15, 0.2) is 64.0 Å². The Kier molecular flexibility index (Phi) is 4.26. The van der Waals surface area contributed by atoms with Gasteiger partial charge in [0.2, 0.25) is 0 Å². The topological polar surface area (TPSA) is 81.4 Å². The lowest BCUT2D eigenvalue weighted by atomic mass is 10.1. The lowest BCUT2D eigenvalue weighted by Crippen LogP contribution is -2.14. The maximum atomic E-state index is 12.6. The maximum absolute atomic E-state index is 12.6. The summed E-state index contributed by atoms with van der Waals surface area (Å²) in [6, 6.07) is 16.1. The molecule has 0 amide bonds. The number of benzene rings is 2. The largest absolute Gasteiger partial charge is 0.495 e. The number of aryl methyl sites for hydroxylation is 1. The van der Waals surface area contributed by atoms with E-state index in [1.54, 1.807) is 19.1 Å². The average molecular weight is 344 g/mol. The van der Waals surface area contributed by atoms with Gasteiger partial charge in [-0.05, 0) is 30.2 Å². The molecule has 3 aromatic rings. The van der Waals surface area contributed by atoms with Crippen molar-refractivity contribution in [1.82, 2.24) is 5.16 Å². The fraction of sp³-hybridized carbons (Fsp3) is 0.118. The lowest BCUT2D eigenvalue weighted by Gasteiger charge is -2.12. The SMILES string of the molecule is COc1cc(-c2ccccc2)ccc1S(=O)(=O)Nc1cc(C)on1. The third-order valence-electron chi connectivity index (χ3n) is 3.43. The van der Waals surface area contributed by atoms with Crippen LogP contribution in [0.5, 0.6) is 5.75 Å². The molecular weight excluding hydrogens is 328 g/mol. The summed E-state index contributed by atoms with van der Waals surface area (Å²) in [5, 5.41) is 3.64. The first kappa shape index (κ1) is 16.1. The minimum Gasteiger partial charge on any atom is -0.495 e. The summed E-state index contributed by atoms with van der Waals surface area (Å²) in [4.78, 5) is 0.0327. The van der Waals surface area contributed by atoms with E-state index in [4.69, 9.17) is 9.26 Å². The molecule has 0 saturated carbocycles. The zero-order valence-electron chi connectivity index (χ0n) is 13.2. The Morgan fingerprint density at radius 3 is 2.42 bits per heavy atom. The van der Waals surface area contributed by atoms with Gasteiger partial charge in [-0.25, -0.2) is 8.42 Å². The second kappa shape index (κ2) is 6.37. The average Bonchev–Trinajstić information content (AvgIpc) is 2.99. The van der Waals surface area contributed by atoms with Crippen molar-refractivity contribution in [2.24, 2.45) is 0 Å². The predicted octanol–water partition coefficient (Wildman–Crippen LogP) is 3.46. The molecule has 0 atom stereocenters. The number of methoxy groups -OCH3 is 1. The highest BCUT2D eigenvalue weighted by Gasteiger charge is 2.21. The highest BCUT2D eigenvalue weighted by Crippen LogP contribution is 2.31. The Morgan fingerprint density at radius 1 is 1.04 bits per heavy atom. The third kappa shape index (κ3) is 3.26. The number of anilines is 1. The van der Waals surface area contributed by atoms with Crippen molar-refractivity contribution >= 4 is 15.8 Å². The first-order valence-corrected chi connectivity index (χ1v) is 8.67. The summed E-state index contributed by atoms with van der Waals surface area (Å²) in [6.07, 6.45) is 0. The van der Waals surface area contributed by atoms with Crippen LogP contribution in [0.3, 0.4) is 0 Å². The highest BCUT2D eigenvalue weighted by atomic mass is 32.2. The normalized spacial score (nSPS) is 11.2. The quantitative estimate of drug-likeness (QED) is 0.766. The zero-order valence-corrected chi connectivity index (χ0v) is 14.0.